The van der Waals surface area contributed by atoms with Crippen molar-refractivity contribution in [2.45, 2.75) is 272 Å². The molecule has 0 bridgehead atoms. The molecular weight excluding hydrogens is 759 g/mol. The Hall–Kier alpha value is -1.63. The maximum atomic E-state index is 13.6. The Morgan fingerprint density at radius 2 is 0.852 bits per heavy atom. The maximum Gasteiger partial charge on any atom is 0.305 e. The molecule has 0 spiro atoms. The maximum absolute atomic E-state index is 13.6. The summed E-state index contributed by atoms with van der Waals surface area (Å²) < 4.78 is 11.7. The van der Waals surface area contributed by atoms with Crippen LogP contribution in [0, 0.1) is 23.7 Å². The van der Waals surface area contributed by atoms with Gasteiger partial charge in [0.05, 0.1) is 13.2 Å². The average molecular weight is 862 g/mol. The third-order valence-corrected chi connectivity index (χ3v) is 13.8. The van der Waals surface area contributed by atoms with Gasteiger partial charge >= 0.3 is 11.9 Å². The van der Waals surface area contributed by atoms with Gasteiger partial charge in [-0.25, -0.2) is 0 Å². The minimum absolute atomic E-state index is 0.0702. The highest BCUT2D eigenvalue weighted by molar-refractivity contribution is 5.76. The van der Waals surface area contributed by atoms with E-state index < -0.39 is 0 Å². The van der Waals surface area contributed by atoms with Crippen LogP contribution in [0.2, 0.25) is 0 Å². The Balaban J connectivity index is 2.55. The third kappa shape index (κ3) is 33.5. The van der Waals surface area contributed by atoms with Gasteiger partial charge in [0.2, 0.25) is 5.91 Å². The van der Waals surface area contributed by atoms with E-state index in [-0.39, 0.29) is 24.5 Å². The molecule has 1 rings (SSSR count). The van der Waals surface area contributed by atoms with E-state index in [4.69, 9.17) is 9.47 Å². The molecule has 1 fully saturated rings. The van der Waals surface area contributed by atoms with Gasteiger partial charge in [-0.05, 0) is 87.9 Å². The first-order valence-corrected chi connectivity index (χ1v) is 27.1. The lowest BCUT2D eigenvalue weighted by Crippen LogP contribution is -2.34. The van der Waals surface area contributed by atoms with Crippen LogP contribution in [0.25, 0.3) is 0 Å². The summed E-state index contributed by atoms with van der Waals surface area (Å²) in [6.07, 6.45) is 42.3. The number of nitrogens with zero attached hydrogens (tertiary/aromatic N) is 1. The van der Waals surface area contributed by atoms with Crippen molar-refractivity contribution in [2.75, 3.05) is 32.9 Å². The number of ether oxygens (including phenoxy) is 2. The number of unbranched alkanes of at least 4 members (excludes halogenated alkanes) is 20. The summed E-state index contributed by atoms with van der Waals surface area (Å²) in [5.41, 5.74) is 0. The molecule has 0 aromatic rings. The normalized spacial score (nSPS) is 14.4. The summed E-state index contributed by atoms with van der Waals surface area (Å²) in [4.78, 5) is 41.3. The molecule has 1 aliphatic rings. The molecule has 61 heavy (non-hydrogen) atoms. The molecule has 0 saturated heterocycles. The number of aliphatic hydroxyl groups excluding tert-OH is 1. The third-order valence-electron chi connectivity index (χ3n) is 13.8. The minimum Gasteiger partial charge on any atom is -0.465 e. The van der Waals surface area contributed by atoms with Crippen molar-refractivity contribution < 1.29 is 29.0 Å². The van der Waals surface area contributed by atoms with Crippen molar-refractivity contribution in [1.82, 2.24) is 4.90 Å². The smallest absolute Gasteiger partial charge is 0.305 e. The first kappa shape index (κ1) is 57.4. The van der Waals surface area contributed by atoms with Gasteiger partial charge in [-0.2, -0.15) is 0 Å². The molecule has 0 aromatic carbocycles. The molecule has 360 valence electrons. The number of amides is 1. The standard InChI is InChI=1S/C54H103NO6/c1-5-9-13-17-19-25-34-48(32-23-15-11-7-3)46-60-53(58)38-27-21-29-43-55(52(57)41-40-51(42-45-56)50-36-31-37-50)44-30-22-28-39-54(59)61-47-49(33-24-16-12-8-4)35-26-20-18-14-10-6-2/h48-51,56H,5-47H2,1-4H3. The molecule has 1 aliphatic carbocycles. The summed E-state index contributed by atoms with van der Waals surface area (Å²) in [6, 6.07) is 0. The monoisotopic (exact) mass is 862 g/mol. The van der Waals surface area contributed by atoms with E-state index in [1.807, 2.05) is 4.90 Å². The number of carbonyl (C=O) groups excluding carboxylic acids is 3. The number of esters is 2. The molecule has 1 saturated carbocycles. The van der Waals surface area contributed by atoms with Crippen molar-refractivity contribution in [2.24, 2.45) is 23.7 Å². The van der Waals surface area contributed by atoms with Crippen LogP contribution in [0.3, 0.4) is 0 Å². The summed E-state index contributed by atoms with van der Waals surface area (Å²) >= 11 is 0. The first-order valence-electron chi connectivity index (χ1n) is 27.1. The largest absolute Gasteiger partial charge is 0.465 e. The van der Waals surface area contributed by atoms with Gasteiger partial charge in [0.1, 0.15) is 0 Å². The van der Waals surface area contributed by atoms with Gasteiger partial charge in [-0.3, -0.25) is 14.4 Å². The Labute approximate surface area is 378 Å². The van der Waals surface area contributed by atoms with Crippen molar-refractivity contribution in [1.29, 1.82) is 0 Å². The van der Waals surface area contributed by atoms with E-state index in [0.717, 1.165) is 64.2 Å². The Kier molecular flexibility index (Phi) is 39.8. The van der Waals surface area contributed by atoms with Crippen LogP contribution in [0.1, 0.15) is 272 Å². The summed E-state index contributed by atoms with van der Waals surface area (Å²) in [6.45, 7) is 11.8. The van der Waals surface area contributed by atoms with E-state index in [0.29, 0.717) is 69.2 Å². The second kappa shape index (κ2) is 42.3. The molecule has 3 atom stereocenters. The second-order valence-electron chi connectivity index (χ2n) is 19.4. The highest BCUT2D eigenvalue weighted by atomic mass is 16.5. The Morgan fingerprint density at radius 3 is 1.23 bits per heavy atom. The molecule has 3 unspecified atom stereocenters. The number of hydrogen-bond donors (Lipinski definition) is 1. The van der Waals surface area contributed by atoms with Crippen molar-refractivity contribution >= 4 is 17.8 Å². The predicted molar refractivity (Wildman–Crippen MR) is 258 cm³/mol. The van der Waals surface area contributed by atoms with Crippen LogP contribution in [-0.2, 0) is 23.9 Å². The van der Waals surface area contributed by atoms with Gasteiger partial charge in [0, 0.05) is 39.0 Å². The van der Waals surface area contributed by atoms with Crippen LogP contribution in [0.4, 0.5) is 0 Å². The zero-order valence-corrected chi connectivity index (χ0v) is 41.2. The topological polar surface area (TPSA) is 93.1 Å². The van der Waals surface area contributed by atoms with Crippen LogP contribution in [0.15, 0.2) is 0 Å². The zero-order valence-electron chi connectivity index (χ0n) is 41.2. The van der Waals surface area contributed by atoms with Crippen LogP contribution >= 0.6 is 0 Å². The fourth-order valence-corrected chi connectivity index (χ4v) is 9.35. The average Bonchev–Trinajstić information content (AvgIpc) is 3.24. The van der Waals surface area contributed by atoms with E-state index in [9.17, 15) is 19.5 Å². The second-order valence-corrected chi connectivity index (χ2v) is 19.4. The molecule has 0 aromatic heterocycles. The van der Waals surface area contributed by atoms with E-state index in [2.05, 4.69) is 27.7 Å². The molecule has 0 radical (unpaired) electrons. The number of hydrogen-bond acceptors (Lipinski definition) is 6. The van der Waals surface area contributed by atoms with E-state index in [1.54, 1.807) is 0 Å². The SMILES string of the molecule is CCCCCCCCC(CCCCCC)COC(=O)CCCCCN(CCCCCC(=O)OCC(CCCCCC)CCCCCCCC)C(=O)CCC(CCO)C1CCC1. The van der Waals surface area contributed by atoms with Gasteiger partial charge in [-0.15, -0.1) is 0 Å². The van der Waals surface area contributed by atoms with Gasteiger partial charge < -0.3 is 19.5 Å². The number of carbonyl (C=O) groups is 3. The van der Waals surface area contributed by atoms with Crippen molar-refractivity contribution in [3.8, 4) is 0 Å². The van der Waals surface area contributed by atoms with E-state index in [1.165, 1.54) is 161 Å². The molecule has 7 nitrogen and oxygen atoms in total. The molecule has 7 heteroatoms. The quantitative estimate of drug-likeness (QED) is 0.0484. The number of rotatable bonds is 46. The summed E-state index contributed by atoms with van der Waals surface area (Å²) in [5, 5.41) is 9.69. The lowest BCUT2D eigenvalue weighted by Gasteiger charge is -2.34. The predicted octanol–water partition coefficient (Wildman–Crippen LogP) is 15.3. The van der Waals surface area contributed by atoms with Gasteiger partial charge in [0.15, 0.2) is 0 Å². The Morgan fingerprint density at radius 1 is 0.475 bits per heavy atom. The van der Waals surface area contributed by atoms with Crippen LogP contribution < -0.4 is 0 Å². The summed E-state index contributed by atoms with van der Waals surface area (Å²) in [7, 11) is 0. The van der Waals surface area contributed by atoms with E-state index >= 15 is 0 Å². The van der Waals surface area contributed by atoms with Crippen LogP contribution in [0.5, 0.6) is 0 Å². The fraction of sp³-hybridized carbons (Fsp3) is 0.944. The van der Waals surface area contributed by atoms with Gasteiger partial charge in [0.25, 0.3) is 0 Å². The molecule has 1 amide bonds. The molecule has 1 N–H and O–H groups in total. The van der Waals surface area contributed by atoms with Crippen LogP contribution in [-0.4, -0.2) is 60.8 Å². The zero-order chi connectivity index (χ0) is 44.4. The molecule has 0 aliphatic heterocycles. The molecular formula is C54H103NO6. The number of aliphatic hydroxyl groups is 1. The summed E-state index contributed by atoms with van der Waals surface area (Å²) in [5.74, 6) is 2.13. The lowest BCUT2D eigenvalue weighted by atomic mass is 9.73. The van der Waals surface area contributed by atoms with Crippen molar-refractivity contribution in [3.63, 3.8) is 0 Å². The minimum atomic E-state index is -0.0702. The van der Waals surface area contributed by atoms with Gasteiger partial charge in [-0.1, -0.05) is 188 Å². The lowest BCUT2D eigenvalue weighted by molar-refractivity contribution is -0.146. The fourth-order valence-electron chi connectivity index (χ4n) is 9.35. The Bertz CT molecular complexity index is 942. The highest BCUT2D eigenvalue weighted by Gasteiger charge is 2.28. The van der Waals surface area contributed by atoms with Crippen molar-refractivity contribution in [3.05, 3.63) is 0 Å². The first-order chi connectivity index (χ1) is 29.9. The molecule has 0 heterocycles. The highest BCUT2D eigenvalue weighted by Crippen LogP contribution is 2.37.